The molecule has 1 atom stereocenters. The number of hydrogen-bond acceptors (Lipinski definition) is 5. The molecule has 9 heteroatoms. The Balaban J connectivity index is 1.65. The fourth-order valence-corrected chi connectivity index (χ4v) is 3.87. The highest BCUT2D eigenvalue weighted by Gasteiger charge is 2.29. The Kier molecular flexibility index (Phi) is 5.23. The van der Waals surface area contributed by atoms with Crippen molar-refractivity contribution in [2.24, 2.45) is 0 Å². The summed E-state index contributed by atoms with van der Waals surface area (Å²) >= 11 is 9.76. The highest BCUT2D eigenvalue weighted by atomic mass is 79.9. The number of benzene rings is 2. The largest absolute Gasteiger partial charge is 0.493 e. The predicted molar refractivity (Wildman–Crippen MR) is 108 cm³/mol. The first-order valence-corrected chi connectivity index (χ1v) is 9.67. The standard InChI is InChI=1S/C19H16BrClN4O3/c1-27-16-7-12(15-8-17(26)24-19-22-10-23-25(15)19)6-13(20)18(16)28-9-11-4-2-3-5-14(11)21/h2-7,10,15H,8-9H2,1H3,(H,22,23,24,26)/t15-/m0/s1. The lowest BCUT2D eigenvalue weighted by Gasteiger charge is -2.25. The van der Waals surface area contributed by atoms with Gasteiger partial charge >= 0.3 is 0 Å². The molecular formula is C19H16BrClN4O3. The second-order valence-corrected chi connectivity index (χ2v) is 7.47. The number of fused-ring (bicyclic) bond motifs is 1. The molecule has 144 valence electrons. The number of hydrogen-bond donors (Lipinski definition) is 1. The topological polar surface area (TPSA) is 78.3 Å². The number of rotatable bonds is 5. The molecule has 7 nitrogen and oxygen atoms in total. The van der Waals surface area contributed by atoms with E-state index in [9.17, 15) is 4.79 Å². The monoisotopic (exact) mass is 462 g/mol. The van der Waals surface area contributed by atoms with Crippen LogP contribution in [0.3, 0.4) is 0 Å². The third kappa shape index (κ3) is 3.57. The van der Waals surface area contributed by atoms with Gasteiger partial charge in [0.1, 0.15) is 12.9 Å². The molecule has 2 heterocycles. The summed E-state index contributed by atoms with van der Waals surface area (Å²) in [6.45, 7) is 0.299. The predicted octanol–water partition coefficient (Wildman–Crippen LogP) is 4.21. The van der Waals surface area contributed by atoms with Crippen molar-refractivity contribution in [1.29, 1.82) is 0 Å². The van der Waals surface area contributed by atoms with Crippen LogP contribution in [0.5, 0.6) is 11.5 Å². The minimum Gasteiger partial charge on any atom is -0.493 e. The third-order valence-electron chi connectivity index (χ3n) is 4.46. The number of ether oxygens (including phenoxy) is 2. The van der Waals surface area contributed by atoms with Crippen molar-refractivity contribution in [3.8, 4) is 11.5 Å². The number of methoxy groups -OCH3 is 1. The number of halogens is 2. The molecule has 1 aromatic heterocycles. The first-order valence-electron chi connectivity index (χ1n) is 8.50. The lowest BCUT2D eigenvalue weighted by Crippen LogP contribution is -2.29. The quantitative estimate of drug-likeness (QED) is 0.613. The van der Waals surface area contributed by atoms with Crippen LogP contribution in [0.1, 0.15) is 23.6 Å². The van der Waals surface area contributed by atoms with Gasteiger partial charge in [-0.15, -0.1) is 0 Å². The summed E-state index contributed by atoms with van der Waals surface area (Å²) in [7, 11) is 1.57. The number of nitrogens with one attached hydrogen (secondary N) is 1. The summed E-state index contributed by atoms with van der Waals surface area (Å²) in [5.74, 6) is 1.42. The zero-order chi connectivity index (χ0) is 19.7. The van der Waals surface area contributed by atoms with Crippen LogP contribution >= 0.6 is 27.5 Å². The van der Waals surface area contributed by atoms with Gasteiger partial charge in [0.15, 0.2) is 11.5 Å². The van der Waals surface area contributed by atoms with Crippen molar-refractivity contribution in [3.63, 3.8) is 0 Å². The molecule has 3 aromatic rings. The van der Waals surface area contributed by atoms with Crippen molar-refractivity contribution in [2.75, 3.05) is 12.4 Å². The number of anilines is 1. The summed E-state index contributed by atoms with van der Waals surface area (Å²) < 4.78 is 13.9. The van der Waals surface area contributed by atoms with Gasteiger partial charge in [0.25, 0.3) is 0 Å². The van der Waals surface area contributed by atoms with Crippen LogP contribution in [0, 0.1) is 0 Å². The number of carbonyl (C=O) groups excluding carboxylic acids is 1. The van der Waals surface area contributed by atoms with Crippen molar-refractivity contribution in [1.82, 2.24) is 14.8 Å². The Bertz CT molecular complexity index is 1040. The lowest BCUT2D eigenvalue weighted by molar-refractivity contribution is -0.117. The van der Waals surface area contributed by atoms with Gasteiger partial charge in [-0.2, -0.15) is 10.1 Å². The molecule has 1 aliphatic heterocycles. The van der Waals surface area contributed by atoms with Gasteiger partial charge in [-0.1, -0.05) is 29.8 Å². The van der Waals surface area contributed by atoms with Gasteiger partial charge in [0, 0.05) is 10.6 Å². The lowest BCUT2D eigenvalue weighted by atomic mass is 10.0. The van der Waals surface area contributed by atoms with Crippen LogP contribution in [0.25, 0.3) is 0 Å². The highest BCUT2D eigenvalue weighted by Crippen LogP contribution is 2.41. The molecule has 0 saturated heterocycles. The van der Waals surface area contributed by atoms with Crippen molar-refractivity contribution in [2.45, 2.75) is 19.1 Å². The number of carbonyl (C=O) groups is 1. The van der Waals surface area contributed by atoms with Crippen molar-refractivity contribution >= 4 is 39.4 Å². The number of amides is 1. The number of nitrogens with zero attached hydrogens (tertiary/aromatic N) is 3. The van der Waals surface area contributed by atoms with Gasteiger partial charge in [0.05, 0.1) is 24.0 Å². The van der Waals surface area contributed by atoms with E-state index in [4.69, 9.17) is 21.1 Å². The average Bonchev–Trinajstić information content (AvgIpc) is 3.15. The summed E-state index contributed by atoms with van der Waals surface area (Å²) in [6.07, 6.45) is 1.67. The first-order chi connectivity index (χ1) is 13.6. The molecule has 0 radical (unpaired) electrons. The molecule has 0 spiro atoms. The van der Waals surface area contributed by atoms with Crippen LogP contribution in [0.2, 0.25) is 5.02 Å². The fraction of sp³-hybridized carbons (Fsp3) is 0.211. The molecule has 2 aromatic carbocycles. The maximum absolute atomic E-state index is 12.0. The van der Waals surface area contributed by atoms with Crippen LogP contribution in [0.4, 0.5) is 5.95 Å². The zero-order valence-electron chi connectivity index (χ0n) is 14.9. The van der Waals surface area contributed by atoms with Crippen LogP contribution < -0.4 is 14.8 Å². The van der Waals surface area contributed by atoms with Crippen molar-refractivity contribution < 1.29 is 14.3 Å². The first kappa shape index (κ1) is 18.8. The van der Waals surface area contributed by atoms with Gasteiger partial charge in [0.2, 0.25) is 11.9 Å². The van der Waals surface area contributed by atoms with Gasteiger partial charge in [-0.3, -0.25) is 10.1 Å². The van der Waals surface area contributed by atoms with Crippen LogP contribution in [0.15, 0.2) is 47.2 Å². The minimum atomic E-state index is -0.283. The Morgan fingerprint density at radius 1 is 1.36 bits per heavy atom. The summed E-state index contributed by atoms with van der Waals surface area (Å²) in [5, 5.41) is 7.58. The summed E-state index contributed by atoms with van der Waals surface area (Å²) in [5.41, 5.74) is 1.73. The maximum Gasteiger partial charge on any atom is 0.229 e. The second-order valence-electron chi connectivity index (χ2n) is 6.21. The van der Waals surface area contributed by atoms with Gasteiger partial charge < -0.3 is 9.47 Å². The maximum atomic E-state index is 12.0. The van der Waals surface area contributed by atoms with E-state index in [1.54, 1.807) is 11.8 Å². The third-order valence-corrected chi connectivity index (χ3v) is 5.42. The normalized spacial score (nSPS) is 15.7. The molecule has 1 amide bonds. The van der Waals surface area contributed by atoms with E-state index >= 15 is 0 Å². The van der Waals surface area contributed by atoms with E-state index in [0.717, 1.165) is 11.1 Å². The SMILES string of the molecule is COc1cc([C@@H]2CC(=O)Nc3ncnn32)cc(Br)c1OCc1ccccc1Cl. The fourth-order valence-electron chi connectivity index (χ4n) is 3.10. The molecule has 0 unspecified atom stereocenters. The van der Waals surface area contributed by atoms with E-state index in [2.05, 4.69) is 31.3 Å². The molecule has 1 N–H and O–H groups in total. The van der Waals surface area contributed by atoms with E-state index in [0.29, 0.717) is 33.5 Å². The van der Waals surface area contributed by atoms with Gasteiger partial charge in [-0.05, 0) is 39.7 Å². The molecule has 0 bridgehead atoms. The van der Waals surface area contributed by atoms with E-state index in [-0.39, 0.29) is 18.4 Å². The van der Waals surface area contributed by atoms with Crippen molar-refractivity contribution in [3.05, 3.63) is 63.3 Å². The molecular weight excluding hydrogens is 448 g/mol. The molecule has 0 saturated carbocycles. The smallest absolute Gasteiger partial charge is 0.229 e. The van der Waals surface area contributed by atoms with E-state index in [1.807, 2.05) is 36.4 Å². The minimum absolute atomic E-state index is 0.111. The highest BCUT2D eigenvalue weighted by molar-refractivity contribution is 9.10. The van der Waals surface area contributed by atoms with E-state index in [1.165, 1.54) is 6.33 Å². The second kappa shape index (κ2) is 7.81. The van der Waals surface area contributed by atoms with Gasteiger partial charge in [-0.25, -0.2) is 4.68 Å². The Morgan fingerprint density at radius 2 is 2.18 bits per heavy atom. The summed E-state index contributed by atoms with van der Waals surface area (Å²) in [6, 6.07) is 11.0. The Hall–Kier alpha value is -2.58. The molecule has 28 heavy (non-hydrogen) atoms. The zero-order valence-corrected chi connectivity index (χ0v) is 17.2. The molecule has 4 rings (SSSR count). The molecule has 0 fully saturated rings. The molecule has 1 aliphatic rings. The average molecular weight is 464 g/mol. The van der Waals surface area contributed by atoms with Crippen LogP contribution in [-0.4, -0.2) is 27.8 Å². The van der Waals surface area contributed by atoms with E-state index < -0.39 is 0 Å². The number of aromatic nitrogens is 3. The Labute approximate surface area is 174 Å². The summed E-state index contributed by atoms with van der Waals surface area (Å²) in [4.78, 5) is 16.1. The molecule has 0 aliphatic carbocycles. The van der Waals surface area contributed by atoms with Crippen LogP contribution in [-0.2, 0) is 11.4 Å². The Morgan fingerprint density at radius 3 is 2.96 bits per heavy atom.